The molecule has 0 aliphatic heterocycles. The molecule has 0 amide bonds. The number of rotatable bonds is 8. The van der Waals surface area contributed by atoms with E-state index < -0.39 is 0 Å². The van der Waals surface area contributed by atoms with Crippen molar-refractivity contribution in [1.82, 2.24) is 5.32 Å². The van der Waals surface area contributed by atoms with Crippen molar-refractivity contribution < 1.29 is 4.74 Å². The van der Waals surface area contributed by atoms with Crippen molar-refractivity contribution in [2.75, 3.05) is 6.54 Å². The molecule has 2 aromatic carbocycles. The first kappa shape index (κ1) is 20.7. The Morgan fingerprint density at radius 3 is 2.70 bits per heavy atom. The first-order chi connectivity index (χ1) is 13.1. The van der Waals surface area contributed by atoms with Crippen molar-refractivity contribution in [1.29, 1.82) is 0 Å². The Hall–Kier alpha value is -1.00. The fraction of sp³-hybridized carbons (Fsp3) is 0.364. The molecule has 0 unspecified atom stereocenters. The van der Waals surface area contributed by atoms with Crippen molar-refractivity contribution in [2.24, 2.45) is 0 Å². The van der Waals surface area contributed by atoms with Crippen LogP contribution in [0.3, 0.4) is 0 Å². The normalized spacial score (nSPS) is 14.1. The van der Waals surface area contributed by atoms with Gasteiger partial charge in [0.15, 0.2) is 0 Å². The van der Waals surface area contributed by atoms with Crippen LogP contribution in [0.4, 0.5) is 0 Å². The summed E-state index contributed by atoms with van der Waals surface area (Å²) in [6.07, 6.45) is 8.72. The molecule has 0 radical (unpaired) electrons. The molecular weight excluding hydrogens is 445 g/mol. The van der Waals surface area contributed by atoms with Crippen LogP contribution in [-0.2, 0) is 13.2 Å². The highest BCUT2D eigenvalue weighted by molar-refractivity contribution is 9.10. The zero-order valence-corrected chi connectivity index (χ0v) is 18.3. The maximum absolute atomic E-state index is 6.25. The van der Waals surface area contributed by atoms with Gasteiger partial charge in [0, 0.05) is 32.2 Å². The van der Waals surface area contributed by atoms with Gasteiger partial charge in [-0.05, 0) is 69.0 Å². The molecule has 0 fully saturated rings. The van der Waals surface area contributed by atoms with Crippen LogP contribution in [-0.4, -0.2) is 6.54 Å². The summed E-state index contributed by atoms with van der Waals surface area (Å²) in [6.45, 7) is 2.18. The van der Waals surface area contributed by atoms with Crippen molar-refractivity contribution in [2.45, 2.75) is 45.3 Å². The summed E-state index contributed by atoms with van der Waals surface area (Å²) in [5, 5.41) is 4.80. The molecule has 1 aliphatic rings. The maximum atomic E-state index is 6.25. The van der Waals surface area contributed by atoms with Gasteiger partial charge in [-0.15, -0.1) is 0 Å². The number of hydrogen-bond donors (Lipinski definition) is 1. The van der Waals surface area contributed by atoms with E-state index >= 15 is 0 Å². The van der Waals surface area contributed by atoms with Gasteiger partial charge in [0.25, 0.3) is 0 Å². The van der Waals surface area contributed by atoms with E-state index in [1.807, 2.05) is 24.3 Å². The largest absolute Gasteiger partial charge is 0.489 e. The van der Waals surface area contributed by atoms with Crippen molar-refractivity contribution in [3.05, 3.63) is 73.7 Å². The smallest absolute Gasteiger partial charge is 0.124 e. The lowest BCUT2D eigenvalue weighted by Crippen LogP contribution is -2.16. The summed E-state index contributed by atoms with van der Waals surface area (Å²) in [7, 11) is 0. The monoisotopic (exact) mass is 467 g/mol. The molecule has 0 spiro atoms. The highest BCUT2D eigenvalue weighted by Crippen LogP contribution is 2.27. The minimum atomic E-state index is 0.414. The topological polar surface area (TPSA) is 21.3 Å². The number of benzene rings is 2. The summed E-state index contributed by atoms with van der Waals surface area (Å²) in [5.74, 6) is 0.869. The Morgan fingerprint density at radius 1 is 1.04 bits per heavy atom. The van der Waals surface area contributed by atoms with E-state index in [0.29, 0.717) is 16.7 Å². The fourth-order valence-corrected chi connectivity index (χ4v) is 4.10. The molecule has 5 heteroatoms. The molecule has 144 valence electrons. The molecule has 0 atom stereocenters. The SMILES string of the molecule is Clc1ccc(COc2ccc(Br)cc2CNCCC2=CCCCC2)c(Cl)c1. The third kappa shape index (κ3) is 6.53. The van der Waals surface area contributed by atoms with Gasteiger partial charge < -0.3 is 10.1 Å². The van der Waals surface area contributed by atoms with Crippen LogP contribution in [0.15, 0.2) is 52.5 Å². The Balaban J connectivity index is 1.56. The van der Waals surface area contributed by atoms with Gasteiger partial charge in [-0.2, -0.15) is 0 Å². The lowest BCUT2D eigenvalue weighted by molar-refractivity contribution is 0.302. The van der Waals surface area contributed by atoms with Crippen molar-refractivity contribution >= 4 is 39.1 Å². The van der Waals surface area contributed by atoms with Crippen LogP contribution in [0.1, 0.15) is 43.2 Å². The molecule has 0 saturated carbocycles. The Kier molecular flexibility index (Phi) is 8.07. The quantitative estimate of drug-likeness (QED) is 0.323. The van der Waals surface area contributed by atoms with E-state index in [1.54, 1.807) is 11.6 Å². The first-order valence-electron chi connectivity index (χ1n) is 9.35. The third-order valence-electron chi connectivity index (χ3n) is 4.74. The Morgan fingerprint density at radius 2 is 1.93 bits per heavy atom. The average Bonchev–Trinajstić information content (AvgIpc) is 2.66. The van der Waals surface area contributed by atoms with E-state index in [9.17, 15) is 0 Å². The summed E-state index contributed by atoms with van der Waals surface area (Å²) < 4.78 is 7.09. The summed E-state index contributed by atoms with van der Waals surface area (Å²) in [5.41, 5.74) is 3.65. The third-order valence-corrected chi connectivity index (χ3v) is 5.82. The zero-order chi connectivity index (χ0) is 19.1. The number of nitrogens with one attached hydrogen (secondary N) is 1. The molecule has 3 rings (SSSR count). The van der Waals surface area contributed by atoms with E-state index in [-0.39, 0.29) is 0 Å². The van der Waals surface area contributed by atoms with Gasteiger partial charge in [0.2, 0.25) is 0 Å². The van der Waals surface area contributed by atoms with E-state index in [0.717, 1.165) is 40.9 Å². The van der Waals surface area contributed by atoms with Gasteiger partial charge in [-0.25, -0.2) is 0 Å². The minimum absolute atomic E-state index is 0.414. The number of ether oxygens (including phenoxy) is 1. The molecule has 2 nitrogen and oxygen atoms in total. The number of halogens is 3. The lowest BCUT2D eigenvalue weighted by Gasteiger charge is -2.15. The Labute approximate surface area is 180 Å². The molecule has 0 heterocycles. The highest BCUT2D eigenvalue weighted by atomic mass is 79.9. The molecule has 0 bridgehead atoms. The van der Waals surface area contributed by atoms with Crippen LogP contribution in [0.5, 0.6) is 5.75 Å². The minimum Gasteiger partial charge on any atom is -0.489 e. The predicted octanol–water partition coefficient (Wildman–Crippen LogP) is 7.32. The van der Waals surface area contributed by atoms with Crippen molar-refractivity contribution in [3.8, 4) is 5.75 Å². The van der Waals surface area contributed by atoms with E-state index in [4.69, 9.17) is 27.9 Å². The fourth-order valence-electron chi connectivity index (χ4n) is 3.22. The molecular formula is C22H24BrCl2NO. The first-order valence-corrected chi connectivity index (χ1v) is 10.9. The van der Waals surface area contributed by atoms with Gasteiger partial charge >= 0.3 is 0 Å². The van der Waals surface area contributed by atoms with Crippen molar-refractivity contribution in [3.63, 3.8) is 0 Å². The van der Waals surface area contributed by atoms with Crippen LogP contribution >= 0.6 is 39.1 Å². The molecule has 1 N–H and O–H groups in total. The molecule has 0 saturated heterocycles. The van der Waals surface area contributed by atoms with Gasteiger partial charge in [0.1, 0.15) is 12.4 Å². The summed E-state index contributed by atoms with van der Waals surface area (Å²) >= 11 is 15.8. The second-order valence-electron chi connectivity index (χ2n) is 6.81. The summed E-state index contributed by atoms with van der Waals surface area (Å²) in [6, 6.07) is 11.6. The maximum Gasteiger partial charge on any atom is 0.124 e. The summed E-state index contributed by atoms with van der Waals surface area (Å²) in [4.78, 5) is 0. The number of allylic oxidation sites excluding steroid dienone is 1. The van der Waals surface area contributed by atoms with Crippen LogP contribution < -0.4 is 10.1 Å². The van der Waals surface area contributed by atoms with E-state index in [2.05, 4.69) is 33.4 Å². The van der Waals surface area contributed by atoms with Gasteiger partial charge in [-0.3, -0.25) is 0 Å². The second-order valence-corrected chi connectivity index (χ2v) is 8.57. The van der Waals surface area contributed by atoms with Crippen LogP contribution in [0.25, 0.3) is 0 Å². The van der Waals surface area contributed by atoms with Crippen LogP contribution in [0, 0.1) is 0 Å². The van der Waals surface area contributed by atoms with Gasteiger partial charge in [-0.1, -0.05) is 56.8 Å². The second kappa shape index (κ2) is 10.5. The Bertz CT molecular complexity index is 807. The standard InChI is InChI=1S/C22H24BrCl2NO/c23-19-7-9-22(27-15-17-6-8-20(24)13-21(17)25)18(12-19)14-26-11-10-16-4-2-1-3-5-16/h4,6-9,12-13,26H,1-3,5,10-11,14-15H2. The molecule has 0 aromatic heterocycles. The molecule has 27 heavy (non-hydrogen) atoms. The van der Waals surface area contributed by atoms with E-state index in [1.165, 1.54) is 25.7 Å². The molecule has 2 aromatic rings. The van der Waals surface area contributed by atoms with Crippen LogP contribution in [0.2, 0.25) is 10.0 Å². The number of hydrogen-bond acceptors (Lipinski definition) is 2. The average molecular weight is 469 g/mol. The van der Waals surface area contributed by atoms with Gasteiger partial charge in [0.05, 0.1) is 0 Å². The highest BCUT2D eigenvalue weighted by Gasteiger charge is 2.08. The predicted molar refractivity (Wildman–Crippen MR) is 118 cm³/mol. The zero-order valence-electron chi connectivity index (χ0n) is 15.2. The molecule has 1 aliphatic carbocycles. The lowest BCUT2D eigenvalue weighted by atomic mass is 9.97.